The lowest BCUT2D eigenvalue weighted by Gasteiger charge is -2.35. The molecule has 0 radical (unpaired) electrons. The lowest BCUT2D eigenvalue weighted by atomic mass is 9.92. The van der Waals surface area contributed by atoms with Crippen molar-refractivity contribution in [1.82, 2.24) is 19.8 Å². The van der Waals surface area contributed by atoms with Crippen molar-refractivity contribution in [1.29, 1.82) is 0 Å². The van der Waals surface area contributed by atoms with Crippen LogP contribution in [-0.4, -0.2) is 82.8 Å². The summed E-state index contributed by atoms with van der Waals surface area (Å²) < 4.78 is 60.6. The number of ether oxygens (including phenoxy) is 1. The summed E-state index contributed by atoms with van der Waals surface area (Å²) in [7, 11) is 0.474. The molecule has 2 aliphatic rings. The number of aromatic nitrogens is 2. The number of hydrogen-bond donors (Lipinski definition) is 4. The van der Waals surface area contributed by atoms with E-state index in [0.717, 1.165) is 37.4 Å². The first kappa shape index (κ1) is 34.4. The van der Waals surface area contributed by atoms with Gasteiger partial charge in [-0.05, 0) is 49.7 Å². The standard InChI is InChI=1S/C31H39F3N7O5P/c1-6-30(7-2,47(43,44)45)19-8-9-22(25(16-19)46-5)37-29-35-17-21(31(32,33)34)27(38-29)36-23-10-11-24(41-14-12-39(3)13-15-41)20-18-40(4)28(42)26(20)23/h8-11,16-17H,6-7,12-15,18H2,1-5H3,(H2,43,44,45)(H2,35,36,37,38). The maximum absolute atomic E-state index is 14.2. The Morgan fingerprint density at radius 2 is 1.66 bits per heavy atom. The van der Waals surface area contributed by atoms with Crippen LogP contribution in [0.25, 0.3) is 0 Å². The number of fused-ring (bicyclic) bond motifs is 1. The molecule has 254 valence electrons. The minimum Gasteiger partial charge on any atom is -0.495 e. The number of halogens is 3. The SMILES string of the molecule is CCC(CC)(c1ccc(Nc2ncc(C(F)(F)F)c(Nc3ccc(N4CCN(C)CC4)c4c3C(=O)N(C)C4)n2)c(OC)c1)P(=O)(O)O. The van der Waals surface area contributed by atoms with E-state index in [1.807, 2.05) is 13.1 Å². The molecular formula is C31H39F3N7O5P. The van der Waals surface area contributed by atoms with E-state index in [2.05, 4.69) is 30.4 Å². The molecule has 0 atom stereocenters. The van der Waals surface area contributed by atoms with Crippen LogP contribution in [0, 0.1) is 0 Å². The van der Waals surface area contributed by atoms with Gasteiger partial charge in [-0.1, -0.05) is 19.9 Å². The predicted octanol–water partition coefficient (Wildman–Crippen LogP) is 5.52. The molecule has 16 heteroatoms. The molecule has 2 aromatic carbocycles. The third-order valence-electron chi connectivity index (χ3n) is 9.15. The molecule has 4 N–H and O–H groups in total. The van der Waals surface area contributed by atoms with Crippen molar-refractivity contribution in [2.75, 3.05) is 62.9 Å². The number of nitrogens with zero attached hydrogens (tertiary/aromatic N) is 5. The zero-order chi connectivity index (χ0) is 34.3. The highest BCUT2D eigenvalue weighted by molar-refractivity contribution is 7.53. The highest BCUT2D eigenvalue weighted by Gasteiger charge is 2.45. The fourth-order valence-corrected chi connectivity index (χ4v) is 7.60. The second-order valence-electron chi connectivity index (χ2n) is 11.8. The maximum atomic E-state index is 14.2. The first-order chi connectivity index (χ1) is 22.1. The van der Waals surface area contributed by atoms with Crippen molar-refractivity contribution in [3.8, 4) is 5.75 Å². The monoisotopic (exact) mass is 677 g/mol. The van der Waals surface area contributed by atoms with Gasteiger partial charge in [0.2, 0.25) is 5.95 Å². The molecule has 47 heavy (non-hydrogen) atoms. The summed E-state index contributed by atoms with van der Waals surface area (Å²) in [6, 6.07) is 7.97. The van der Waals surface area contributed by atoms with Crippen molar-refractivity contribution in [2.24, 2.45) is 0 Å². The summed E-state index contributed by atoms with van der Waals surface area (Å²) in [5.74, 6) is -0.881. The van der Waals surface area contributed by atoms with Gasteiger partial charge >= 0.3 is 13.8 Å². The van der Waals surface area contributed by atoms with Gasteiger partial charge in [-0.25, -0.2) is 4.98 Å². The van der Waals surface area contributed by atoms with Crippen LogP contribution in [0.15, 0.2) is 36.5 Å². The van der Waals surface area contributed by atoms with Gasteiger partial charge in [-0.3, -0.25) is 9.36 Å². The van der Waals surface area contributed by atoms with Gasteiger partial charge in [-0.2, -0.15) is 18.2 Å². The number of piperazine rings is 1. The average molecular weight is 678 g/mol. The van der Waals surface area contributed by atoms with Gasteiger partial charge in [0, 0.05) is 57.2 Å². The molecule has 2 aliphatic heterocycles. The molecule has 0 aliphatic carbocycles. The minimum atomic E-state index is -4.81. The van der Waals surface area contributed by atoms with E-state index in [4.69, 9.17) is 4.74 Å². The number of likely N-dealkylation sites (N-methyl/N-ethyl adjacent to an activating group) is 1. The molecule has 1 fully saturated rings. The van der Waals surface area contributed by atoms with E-state index < -0.39 is 30.3 Å². The highest BCUT2D eigenvalue weighted by atomic mass is 31.2. The fraction of sp³-hybridized carbons (Fsp3) is 0.452. The van der Waals surface area contributed by atoms with E-state index in [9.17, 15) is 32.3 Å². The van der Waals surface area contributed by atoms with E-state index in [1.54, 1.807) is 27.0 Å². The summed E-state index contributed by atoms with van der Waals surface area (Å²) in [4.78, 5) is 47.6. The largest absolute Gasteiger partial charge is 0.495 e. The van der Waals surface area contributed by atoms with Crippen LogP contribution in [-0.2, 0) is 22.4 Å². The Balaban J connectivity index is 1.52. The van der Waals surface area contributed by atoms with Crippen molar-refractivity contribution in [3.63, 3.8) is 0 Å². The number of benzene rings is 2. The molecule has 1 saturated heterocycles. The summed E-state index contributed by atoms with van der Waals surface area (Å²) in [6.07, 6.45) is -3.83. The van der Waals surface area contributed by atoms with Gasteiger partial charge < -0.3 is 39.9 Å². The van der Waals surface area contributed by atoms with Crippen LogP contribution in [0.4, 0.5) is 42.0 Å². The fourth-order valence-electron chi connectivity index (χ4n) is 6.30. The smallest absolute Gasteiger partial charge is 0.421 e. The molecular weight excluding hydrogens is 638 g/mol. The Kier molecular flexibility index (Phi) is 9.48. The molecule has 3 heterocycles. The molecule has 0 saturated carbocycles. The number of carbonyl (C=O) groups is 1. The maximum Gasteiger partial charge on any atom is 0.421 e. The number of rotatable bonds is 10. The van der Waals surface area contributed by atoms with Gasteiger partial charge in [0.25, 0.3) is 5.91 Å². The summed E-state index contributed by atoms with van der Waals surface area (Å²) in [5, 5.41) is 4.21. The van der Waals surface area contributed by atoms with Crippen molar-refractivity contribution in [2.45, 2.75) is 44.6 Å². The quantitative estimate of drug-likeness (QED) is 0.202. The lowest BCUT2D eigenvalue weighted by Crippen LogP contribution is -2.44. The van der Waals surface area contributed by atoms with E-state index in [-0.39, 0.29) is 41.8 Å². The molecule has 5 rings (SSSR count). The Bertz CT molecular complexity index is 1710. The van der Waals surface area contributed by atoms with Gasteiger partial charge in [-0.15, -0.1) is 0 Å². The number of amides is 1. The Morgan fingerprint density at radius 3 is 2.26 bits per heavy atom. The second-order valence-corrected chi connectivity index (χ2v) is 13.8. The summed E-state index contributed by atoms with van der Waals surface area (Å²) in [5.41, 5.74) is 1.60. The minimum absolute atomic E-state index is 0.166. The van der Waals surface area contributed by atoms with Gasteiger partial charge in [0.15, 0.2) is 0 Å². The lowest BCUT2D eigenvalue weighted by molar-refractivity contribution is -0.137. The number of alkyl halides is 3. The molecule has 12 nitrogen and oxygen atoms in total. The number of anilines is 5. The molecule has 3 aromatic rings. The van der Waals surface area contributed by atoms with Crippen LogP contribution < -0.4 is 20.3 Å². The number of hydrogen-bond acceptors (Lipinski definition) is 9. The molecule has 1 amide bonds. The third-order valence-corrected chi connectivity index (χ3v) is 11.2. The number of carbonyl (C=O) groups excluding carboxylic acids is 1. The van der Waals surface area contributed by atoms with Crippen LogP contribution >= 0.6 is 7.60 Å². The summed E-state index contributed by atoms with van der Waals surface area (Å²) in [6.45, 7) is 6.91. The summed E-state index contributed by atoms with van der Waals surface area (Å²) >= 11 is 0. The van der Waals surface area contributed by atoms with Gasteiger partial charge in [0.05, 0.1) is 29.2 Å². The van der Waals surface area contributed by atoms with Crippen molar-refractivity contribution in [3.05, 3.63) is 58.8 Å². The van der Waals surface area contributed by atoms with Crippen LogP contribution in [0.2, 0.25) is 0 Å². The molecule has 0 spiro atoms. The van der Waals surface area contributed by atoms with Crippen molar-refractivity contribution >= 4 is 42.3 Å². The first-order valence-electron chi connectivity index (χ1n) is 15.2. The van der Waals surface area contributed by atoms with Crippen LogP contribution in [0.5, 0.6) is 5.75 Å². The molecule has 1 aromatic heterocycles. The van der Waals surface area contributed by atoms with Gasteiger partial charge in [0.1, 0.15) is 17.1 Å². The van der Waals surface area contributed by atoms with E-state index in [0.29, 0.717) is 23.9 Å². The zero-order valence-corrected chi connectivity index (χ0v) is 27.7. The first-order valence-corrected chi connectivity index (χ1v) is 16.8. The van der Waals surface area contributed by atoms with Crippen LogP contribution in [0.3, 0.4) is 0 Å². The highest BCUT2D eigenvalue weighted by Crippen LogP contribution is 2.61. The zero-order valence-electron chi connectivity index (χ0n) is 26.9. The Labute approximate surface area is 271 Å². The number of methoxy groups -OCH3 is 1. The van der Waals surface area contributed by atoms with E-state index >= 15 is 0 Å². The molecule has 0 unspecified atom stereocenters. The second kappa shape index (κ2) is 12.9. The Morgan fingerprint density at radius 1 is 1.00 bits per heavy atom. The topological polar surface area (TPSA) is 143 Å². The van der Waals surface area contributed by atoms with E-state index in [1.165, 1.54) is 30.2 Å². The predicted molar refractivity (Wildman–Crippen MR) is 173 cm³/mol. The average Bonchev–Trinajstić information content (AvgIpc) is 3.32. The Hall–Kier alpha value is -3.91. The van der Waals surface area contributed by atoms with Crippen molar-refractivity contribution < 1.29 is 37.1 Å². The van der Waals surface area contributed by atoms with Crippen LogP contribution in [0.1, 0.15) is 53.7 Å². The normalized spacial score (nSPS) is 16.0. The molecule has 0 bridgehead atoms. The number of nitrogens with one attached hydrogen (secondary N) is 2. The third kappa shape index (κ3) is 6.49.